The zero-order chi connectivity index (χ0) is 66.3. The van der Waals surface area contributed by atoms with Gasteiger partial charge in [0.2, 0.25) is 0 Å². The van der Waals surface area contributed by atoms with Gasteiger partial charge in [0.1, 0.15) is 0 Å². The van der Waals surface area contributed by atoms with E-state index in [4.69, 9.17) is 0 Å². The van der Waals surface area contributed by atoms with Crippen LogP contribution in [0.4, 0.5) is 102 Å². The van der Waals surface area contributed by atoms with Gasteiger partial charge in [-0.25, -0.2) is 0 Å². The minimum atomic E-state index is -0.173. The minimum absolute atomic E-state index is 0.173. The Hall–Kier alpha value is -10.5. The fourth-order valence-corrected chi connectivity index (χ4v) is 19.4. The van der Waals surface area contributed by atoms with Crippen LogP contribution in [0.5, 0.6) is 0 Å². The zero-order valence-corrected chi connectivity index (χ0v) is 58.4. The highest BCUT2D eigenvalue weighted by Gasteiger charge is 2.50. The number of nitrogens with zero attached hydrogens (tertiary/aromatic N) is 6. The van der Waals surface area contributed by atoms with Gasteiger partial charge in [0, 0.05) is 87.8 Å². The summed E-state index contributed by atoms with van der Waals surface area (Å²) in [4.78, 5) is 20.6. The first-order valence-electron chi connectivity index (χ1n) is 34.3. The zero-order valence-electron chi connectivity index (χ0n) is 56.7. The molecular weight excluding hydrogens is 1230 g/mol. The van der Waals surface area contributed by atoms with Crippen molar-refractivity contribution in [3.05, 3.63) is 298 Å². The SMILES string of the molecule is Cc1cc(C)cc(N2c3cc(C)ccc3B3c4cc5c(cc4N(c4cc(C)cc(C)c4)c4cc(N6c7ccccc7Sc7ccccc76)cc2c43)N(c2cc(C)cc(C)c2)c2cc(N3c4ccccc4Sc4ccccc43)cc3c2B5c2ccc(C)cc2N3c2cc(C)cc(C)c2)c1. The van der Waals surface area contributed by atoms with E-state index in [-0.39, 0.29) is 13.4 Å². The Morgan fingerprint density at radius 3 is 0.724 bits per heavy atom. The smallest absolute Gasteiger partial charge is 0.252 e. The normalized spacial score (nSPS) is 14.0. The third kappa shape index (κ3) is 9.06. The summed E-state index contributed by atoms with van der Waals surface area (Å²) in [6.07, 6.45) is 0. The van der Waals surface area contributed by atoms with E-state index in [9.17, 15) is 0 Å². The number of para-hydroxylation sites is 4. The molecule has 0 amide bonds. The Balaban J connectivity index is 0.963. The fraction of sp³-hybridized carbons (Fsp3) is 0.114. The first-order chi connectivity index (χ1) is 47.6. The van der Waals surface area contributed by atoms with Crippen molar-refractivity contribution in [2.45, 2.75) is 88.8 Å². The van der Waals surface area contributed by atoms with Gasteiger partial charge in [-0.15, -0.1) is 0 Å². The molecule has 19 rings (SSSR count). The predicted octanol–water partition coefficient (Wildman–Crippen LogP) is 20.8. The van der Waals surface area contributed by atoms with Crippen LogP contribution >= 0.6 is 23.5 Å². The largest absolute Gasteiger partial charge is 0.311 e. The molecule has 0 fully saturated rings. The van der Waals surface area contributed by atoms with E-state index in [1.54, 1.807) is 0 Å². The monoisotopic (exact) mass is 1300 g/mol. The summed E-state index contributed by atoms with van der Waals surface area (Å²) in [5.74, 6) is 0. The van der Waals surface area contributed by atoms with Crippen LogP contribution in [-0.4, -0.2) is 13.4 Å². The number of rotatable bonds is 6. The number of aryl methyl sites for hydroxylation is 10. The third-order valence-corrected chi connectivity index (χ3v) is 23.0. The molecule has 470 valence electrons. The van der Waals surface area contributed by atoms with Crippen LogP contribution in [0.3, 0.4) is 0 Å². The van der Waals surface area contributed by atoms with Crippen molar-refractivity contribution >= 4 is 172 Å². The molecule has 0 N–H and O–H groups in total. The molecule has 6 aliphatic rings. The maximum Gasteiger partial charge on any atom is 0.252 e. The van der Waals surface area contributed by atoms with Crippen molar-refractivity contribution in [2.24, 2.45) is 0 Å². The van der Waals surface area contributed by atoms with Crippen molar-refractivity contribution < 1.29 is 0 Å². The molecule has 6 nitrogen and oxygen atoms in total. The summed E-state index contributed by atoms with van der Waals surface area (Å²) < 4.78 is 0. The highest BCUT2D eigenvalue weighted by Crippen LogP contribution is 2.58. The summed E-state index contributed by atoms with van der Waals surface area (Å²) >= 11 is 3.71. The average molecular weight is 1300 g/mol. The van der Waals surface area contributed by atoms with Gasteiger partial charge < -0.3 is 29.4 Å². The Bertz CT molecular complexity index is 5130. The summed E-state index contributed by atoms with van der Waals surface area (Å²) in [6.45, 7) is 22.2. The Labute approximate surface area is 584 Å². The van der Waals surface area contributed by atoms with E-state index in [1.807, 2.05) is 23.5 Å². The standard InChI is InChI=1S/C88H70B2N6S2/c1-51-27-29-67-75(43-51)93(61-35-53(3)31-54(4)36-61)79-45-65(91-71-19-11-15-23-83(71)97-84-24-16-12-20-72(84)91)47-81-87(79)89(67)69-49-70-78(50-77(69)95(81)63-39-57(7)33-58(8)40-63)96(64-41-59(9)34-60(10)42-64)82-48-66(92-73-21-13-17-25-85(73)98-86-26-18-14-22-74(86)92)46-80-88(82)90(70)68-30-28-52(2)44-76(68)94(80)62-37-55(5)32-56(6)38-62/h11-50H,1-10H3. The van der Waals surface area contributed by atoms with Crippen molar-refractivity contribution in [2.75, 3.05) is 29.4 Å². The van der Waals surface area contributed by atoms with E-state index in [1.165, 1.54) is 153 Å². The molecule has 6 heterocycles. The molecule has 13 aromatic rings. The number of fused-ring (bicyclic) bond motifs is 12. The average Bonchev–Trinajstić information content (AvgIpc) is 0.683. The second-order valence-electron chi connectivity index (χ2n) is 28.2. The van der Waals surface area contributed by atoms with Gasteiger partial charge in [0.15, 0.2) is 0 Å². The van der Waals surface area contributed by atoms with Crippen LogP contribution in [0.15, 0.2) is 262 Å². The first-order valence-corrected chi connectivity index (χ1v) is 35.9. The van der Waals surface area contributed by atoms with Crippen molar-refractivity contribution in [3.8, 4) is 0 Å². The summed E-state index contributed by atoms with van der Waals surface area (Å²) in [6, 6.07) is 94.4. The third-order valence-electron chi connectivity index (χ3n) is 20.8. The fourth-order valence-electron chi connectivity index (χ4n) is 17.3. The Kier molecular flexibility index (Phi) is 13.2. The lowest BCUT2D eigenvalue weighted by Gasteiger charge is -2.48. The van der Waals surface area contributed by atoms with Gasteiger partial charge in [0.05, 0.1) is 34.1 Å². The number of anilines is 18. The number of hydrogen-bond donors (Lipinski definition) is 0. The molecule has 6 aliphatic heterocycles. The summed E-state index contributed by atoms with van der Waals surface area (Å²) in [5.41, 5.74) is 40.8. The molecule has 0 atom stereocenters. The quantitative estimate of drug-likeness (QED) is 0.152. The van der Waals surface area contributed by atoms with Gasteiger partial charge in [0.25, 0.3) is 13.4 Å². The molecule has 13 aromatic carbocycles. The second-order valence-corrected chi connectivity index (χ2v) is 30.4. The highest BCUT2D eigenvalue weighted by molar-refractivity contribution is 8.00. The van der Waals surface area contributed by atoms with Crippen LogP contribution in [0.2, 0.25) is 0 Å². The first kappa shape index (κ1) is 58.8. The maximum absolute atomic E-state index is 2.70. The minimum Gasteiger partial charge on any atom is -0.311 e. The van der Waals surface area contributed by atoms with Gasteiger partial charge >= 0.3 is 0 Å². The lowest BCUT2D eigenvalue weighted by atomic mass is 9.30. The molecule has 0 aromatic heterocycles. The molecule has 0 radical (unpaired) electrons. The van der Waals surface area contributed by atoms with Crippen LogP contribution in [0.1, 0.15) is 55.6 Å². The van der Waals surface area contributed by atoms with E-state index in [0.29, 0.717) is 0 Å². The van der Waals surface area contributed by atoms with Crippen LogP contribution in [0.25, 0.3) is 0 Å². The number of hydrogen-bond acceptors (Lipinski definition) is 8. The summed E-state index contributed by atoms with van der Waals surface area (Å²) in [7, 11) is 0. The van der Waals surface area contributed by atoms with E-state index >= 15 is 0 Å². The van der Waals surface area contributed by atoms with E-state index in [0.717, 1.165) is 56.9 Å². The van der Waals surface area contributed by atoms with Gasteiger partial charge in [-0.2, -0.15) is 0 Å². The molecule has 0 aliphatic carbocycles. The topological polar surface area (TPSA) is 19.4 Å². The predicted molar refractivity (Wildman–Crippen MR) is 419 cm³/mol. The highest BCUT2D eigenvalue weighted by atomic mass is 32.2. The molecule has 0 bridgehead atoms. The molecule has 0 unspecified atom stereocenters. The van der Waals surface area contributed by atoms with E-state index < -0.39 is 0 Å². The van der Waals surface area contributed by atoms with Gasteiger partial charge in [-0.3, -0.25) is 0 Å². The molecule has 10 heteroatoms. The molecule has 0 saturated carbocycles. The maximum atomic E-state index is 2.70. The van der Waals surface area contributed by atoms with Crippen LogP contribution in [-0.2, 0) is 0 Å². The van der Waals surface area contributed by atoms with Crippen LogP contribution in [0, 0.1) is 69.2 Å². The number of benzene rings is 13. The summed E-state index contributed by atoms with van der Waals surface area (Å²) in [5, 5.41) is 0. The lowest BCUT2D eigenvalue weighted by molar-refractivity contribution is 1.15. The van der Waals surface area contributed by atoms with Gasteiger partial charge in [-0.05, 0) is 297 Å². The molecule has 0 spiro atoms. The second kappa shape index (κ2) is 22.0. The Morgan fingerprint density at radius 2 is 0.439 bits per heavy atom. The van der Waals surface area contributed by atoms with Crippen molar-refractivity contribution in [1.82, 2.24) is 0 Å². The van der Waals surface area contributed by atoms with Gasteiger partial charge in [-0.1, -0.05) is 127 Å². The van der Waals surface area contributed by atoms with Crippen molar-refractivity contribution in [1.29, 1.82) is 0 Å². The molecular formula is C88H70B2N6S2. The van der Waals surface area contributed by atoms with Crippen LogP contribution < -0.4 is 62.2 Å². The molecule has 98 heavy (non-hydrogen) atoms. The van der Waals surface area contributed by atoms with E-state index in [2.05, 4.69) is 341 Å². The Morgan fingerprint density at radius 1 is 0.194 bits per heavy atom. The molecule has 0 saturated heterocycles. The van der Waals surface area contributed by atoms with Crippen molar-refractivity contribution in [3.63, 3.8) is 0 Å². The lowest BCUT2D eigenvalue weighted by Crippen LogP contribution is -2.65.